The molecule has 0 radical (unpaired) electrons. The topological polar surface area (TPSA) is 67.5 Å². The molecule has 0 unspecified atom stereocenters. The molecule has 0 spiro atoms. The number of carbonyl (C=O) groups is 1. The lowest BCUT2D eigenvalue weighted by Gasteiger charge is -2.19. The summed E-state index contributed by atoms with van der Waals surface area (Å²) in [5.74, 6) is -3.49. The third-order valence-electron chi connectivity index (χ3n) is 5.65. The quantitative estimate of drug-likeness (QED) is 0.320. The Bertz CT molecular complexity index is 1270. The van der Waals surface area contributed by atoms with Crippen LogP contribution in [0.1, 0.15) is 56.4 Å². The van der Waals surface area contributed by atoms with E-state index in [1.807, 2.05) is 32.9 Å². The second kappa shape index (κ2) is 11.5. The van der Waals surface area contributed by atoms with Crippen molar-refractivity contribution < 1.29 is 18.0 Å². The molecule has 1 amide bonds. The fourth-order valence-electron chi connectivity index (χ4n) is 3.73. The Morgan fingerprint density at radius 3 is 2.00 bits per heavy atom. The van der Waals surface area contributed by atoms with Gasteiger partial charge >= 0.3 is 0 Å². The van der Waals surface area contributed by atoms with Gasteiger partial charge in [0.05, 0.1) is 17.7 Å². The molecule has 0 saturated heterocycles. The van der Waals surface area contributed by atoms with Gasteiger partial charge in [0.2, 0.25) is 5.91 Å². The van der Waals surface area contributed by atoms with Gasteiger partial charge in [-0.2, -0.15) is 0 Å². The summed E-state index contributed by atoms with van der Waals surface area (Å²) >= 11 is 0. The minimum Gasteiger partial charge on any atom is -0.404 e. The fraction of sp³-hybridized carbons (Fsp3) is 0.267. The van der Waals surface area contributed by atoms with Crippen LogP contribution in [0.15, 0.2) is 84.0 Å². The average molecular weight is 508 g/mol. The summed E-state index contributed by atoms with van der Waals surface area (Å²) in [7, 11) is 0. The highest BCUT2D eigenvalue weighted by molar-refractivity contribution is 6.31. The largest absolute Gasteiger partial charge is 0.404 e. The monoisotopic (exact) mass is 507 g/mol. The number of amides is 1. The highest BCUT2D eigenvalue weighted by Gasteiger charge is 2.28. The van der Waals surface area contributed by atoms with Gasteiger partial charge in [0, 0.05) is 35.0 Å². The lowest BCUT2D eigenvalue weighted by Crippen LogP contribution is -2.17. The molecule has 4 nitrogen and oxygen atoms in total. The van der Waals surface area contributed by atoms with Crippen molar-refractivity contribution in [1.82, 2.24) is 0 Å². The first-order valence-electron chi connectivity index (χ1n) is 12.1. The number of alkyl halides is 2. The first-order chi connectivity index (χ1) is 17.4. The summed E-state index contributed by atoms with van der Waals surface area (Å²) < 4.78 is 41.1. The number of nitrogens with zero attached hydrogens (tertiary/aromatic N) is 1. The van der Waals surface area contributed by atoms with Crippen LogP contribution in [0.25, 0.3) is 5.57 Å². The minimum atomic E-state index is -2.88. The number of nitrogens with two attached hydrogens (primary N) is 1. The maximum Gasteiger partial charge on any atom is 0.273 e. The Hall–Kier alpha value is -3.87. The third kappa shape index (κ3) is 7.56. The zero-order valence-electron chi connectivity index (χ0n) is 21.5. The van der Waals surface area contributed by atoms with Crippen molar-refractivity contribution in [2.75, 3.05) is 5.32 Å². The molecular formula is C30H32F3N3O. The SMILES string of the molecule is CCC(F)(F)c1ccc(CC(=O)Nc2ccc(C(=CN)C(=NC(C)(C)C)c3ccc(F)cc3)cc2)cc1. The third-order valence-corrected chi connectivity index (χ3v) is 5.65. The van der Waals surface area contributed by atoms with E-state index in [2.05, 4.69) is 5.32 Å². The van der Waals surface area contributed by atoms with Crippen LogP contribution >= 0.6 is 0 Å². The molecule has 0 saturated carbocycles. The van der Waals surface area contributed by atoms with Crippen LogP contribution in [0.4, 0.5) is 18.9 Å². The van der Waals surface area contributed by atoms with Crippen LogP contribution in [0.5, 0.6) is 0 Å². The van der Waals surface area contributed by atoms with Gasteiger partial charge in [0.1, 0.15) is 5.82 Å². The maximum atomic E-state index is 13.8. The van der Waals surface area contributed by atoms with Crippen molar-refractivity contribution in [3.63, 3.8) is 0 Å². The van der Waals surface area contributed by atoms with Gasteiger partial charge < -0.3 is 11.1 Å². The standard InChI is InChI=1S/C30H32F3N3O/c1-5-30(32,33)23-12-6-20(7-13-23)18-27(37)35-25-16-10-21(11-17-25)26(19-34)28(36-29(2,3)4)22-8-14-24(31)15-9-22/h6-17,19H,5,18,34H2,1-4H3,(H,35,37). The Morgan fingerprint density at radius 2 is 1.49 bits per heavy atom. The number of allylic oxidation sites excluding steroid dienone is 1. The number of halogens is 3. The highest BCUT2D eigenvalue weighted by atomic mass is 19.3. The summed E-state index contributed by atoms with van der Waals surface area (Å²) in [5.41, 5.74) is 9.57. The van der Waals surface area contributed by atoms with Crippen LogP contribution in [0.2, 0.25) is 0 Å². The van der Waals surface area contributed by atoms with Crippen molar-refractivity contribution in [3.05, 3.63) is 107 Å². The van der Waals surface area contributed by atoms with Crippen LogP contribution < -0.4 is 11.1 Å². The molecule has 0 aliphatic rings. The number of anilines is 1. The van der Waals surface area contributed by atoms with Crippen LogP contribution in [0.3, 0.4) is 0 Å². The lowest BCUT2D eigenvalue weighted by atomic mass is 9.95. The van der Waals surface area contributed by atoms with Gasteiger partial charge in [0.15, 0.2) is 0 Å². The van der Waals surface area contributed by atoms with Gasteiger partial charge in [-0.15, -0.1) is 0 Å². The minimum absolute atomic E-state index is 0.0562. The van der Waals surface area contributed by atoms with Crippen LogP contribution in [-0.4, -0.2) is 17.2 Å². The fourth-order valence-corrected chi connectivity index (χ4v) is 3.73. The summed E-state index contributed by atoms with van der Waals surface area (Å²) in [6, 6.07) is 19.0. The molecule has 0 aromatic heterocycles. The smallest absolute Gasteiger partial charge is 0.273 e. The van der Waals surface area contributed by atoms with Gasteiger partial charge in [-0.25, -0.2) is 13.2 Å². The van der Waals surface area contributed by atoms with E-state index in [1.165, 1.54) is 37.4 Å². The molecule has 3 aromatic rings. The summed E-state index contributed by atoms with van der Waals surface area (Å²) in [5, 5.41) is 2.83. The second-order valence-corrected chi connectivity index (χ2v) is 9.78. The van der Waals surface area contributed by atoms with Gasteiger partial charge in [0.25, 0.3) is 5.92 Å². The molecule has 7 heteroatoms. The average Bonchev–Trinajstić information content (AvgIpc) is 2.85. The summed E-state index contributed by atoms with van der Waals surface area (Å²) in [6.45, 7) is 7.32. The molecule has 37 heavy (non-hydrogen) atoms. The van der Waals surface area contributed by atoms with E-state index in [4.69, 9.17) is 10.7 Å². The van der Waals surface area contributed by atoms with Crippen molar-refractivity contribution in [2.24, 2.45) is 10.7 Å². The first-order valence-corrected chi connectivity index (χ1v) is 12.1. The van der Waals surface area contributed by atoms with E-state index >= 15 is 0 Å². The van der Waals surface area contributed by atoms with Crippen molar-refractivity contribution in [1.29, 1.82) is 0 Å². The van der Waals surface area contributed by atoms with Crippen LogP contribution in [-0.2, 0) is 17.1 Å². The summed E-state index contributed by atoms with van der Waals surface area (Å²) in [4.78, 5) is 17.4. The number of nitrogens with one attached hydrogen (secondary N) is 1. The molecule has 194 valence electrons. The number of hydrogen-bond donors (Lipinski definition) is 2. The lowest BCUT2D eigenvalue weighted by molar-refractivity contribution is -0.115. The normalized spacial score (nSPS) is 12.9. The van der Waals surface area contributed by atoms with Gasteiger partial charge in [-0.05, 0) is 68.3 Å². The van der Waals surface area contributed by atoms with Crippen molar-refractivity contribution >= 4 is 22.9 Å². The molecule has 3 rings (SSSR count). The van der Waals surface area contributed by atoms with E-state index in [0.29, 0.717) is 22.5 Å². The number of hydrogen-bond acceptors (Lipinski definition) is 3. The Kier molecular flexibility index (Phi) is 8.58. The van der Waals surface area contributed by atoms with E-state index in [1.54, 1.807) is 36.4 Å². The molecule has 0 aliphatic carbocycles. The Labute approximate surface area is 216 Å². The van der Waals surface area contributed by atoms with E-state index in [9.17, 15) is 18.0 Å². The van der Waals surface area contributed by atoms with Crippen molar-refractivity contribution in [2.45, 2.75) is 52.0 Å². The zero-order chi connectivity index (χ0) is 27.2. The van der Waals surface area contributed by atoms with Gasteiger partial charge in [-0.3, -0.25) is 9.79 Å². The molecule has 0 aliphatic heterocycles. The van der Waals surface area contributed by atoms with Gasteiger partial charge in [-0.1, -0.05) is 43.3 Å². The predicted octanol–water partition coefficient (Wildman–Crippen LogP) is 7.10. The maximum absolute atomic E-state index is 13.8. The molecule has 3 aromatic carbocycles. The van der Waals surface area contributed by atoms with E-state index in [-0.39, 0.29) is 30.1 Å². The van der Waals surface area contributed by atoms with E-state index in [0.717, 1.165) is 11.1 Å². The number of aliphatic imine (C=N–C) groups is 1. The predicted molar refractivity (Wildman–Crippen MR) is 144 cm³/mol. The molecule has 0 bridgehead atoms. The number of carbonyl (C=O) groups excluding carboxylic acids is 1. The Morgan fingerprint density at radius 1 is 0.919 bits per heavy atom. The number of benzene rings is 3. The molecule has 0 heterocycles. The highest BCUT2D eigenvalue weighted by Crippen LogP contribution is 2.31. The molecular weight excluding hydrogens is 475 g/mol. The molecule has 3 N–H and O–H groups in total. The first kappa shape index (κ1) is 27.7. The Balaban J connectivity index is 1.76. The van der Waals surface area contributed by atoms with E-state index < -0.39 is 11.5 Å². The van der Waals surface area contributed by atoms with Crippen LogP contribution in [0, 0.1) is 5.82 Å². The number of rotatable bonds is 8. The zero-order valence-corrected chi connectivity index (χ0v) is 21.5. The van der Waals surface area contributed by atoms with Crippen molar-refractivity contribution in [3.8, 4) is 0 Å². The second-order valence-electron chi connectivity index (χ2n) is 9.78. The summed E-state index contributed by atoms with van der Waals surface area (Å²) in [6.07, 6.45) is 1.24. The molecule has 0 atom stereocenters. The molecule has 0 fully saturated rings.